The van der Waals surface area contributed by atoms with Crippen LogP contribution >= 0.6 is 0 Å². The van der Waals surface area contributed by atoms with Gasteiger partial charge in [0.25, 0.3) is 0 Å². The summed E-state index contributed by atoms with van der Waals surface area (Å²) in [5, 5.41) is 17.7. The summed E-state index contributed by atoms with van der Waals surface area (Å²) >= 11 is 0. The third-order valence-electron chi connectivity index (χ3n) is 4.06. The molecule has 1 aliphatic rings. The van der Waals surface area contributed by atoms with E-state index < -0.39 is 0 Å². The summed E-state index contributed by atoms with van der Waals surface area (Å²) in [4.78, 5) is 2.23. The molecular formula is C16H21N3O2. The molecule has 0 amide bonds. The number of aliphatic hydroxyl groups excluding tert-OH is 1. The first kappa shape index (κ1) is 14.2. The molecule has 5 heteroatoms. The van der Waals surface area contributed by atoms with Crippen LogP contribution in [-0.2, 0) is 6.54 Å². The van der Waals surface area contributed by atoms with Crippen LogP contribution in [0.15, 0.2) is 28.7 Å². The van der Waals surface area contributed by atoms with Gasteiger partial charge in [-0.2, -0.15) is 0 Å². The lowest BCUT2D eigenvalue weighted by Gasteiger charge is -2.33. The third kappa shape index (κ3) is 3.31. The average molecular weight is 287 g/mol. The molecule has 1 aromatic heterocycles. The highest BCUT2D eigenvalue weighted by atomic mass is 16.4. The smallest absolute Gasteiger partial charge is 0.247 e. The van der Waals surface area contributed by atoms with Crippen LogP contribution < -0.4 is 0 Å². The van der Waals surface area contributed by atoms with Gasteiger partial charge in [-0.15, -0.1) is 10.2 Å². The fourth-order valence-electron chi connectivity index (χ4n) is 2.78. The maximum atomic E-state index is 9.44. The van der Waals surface area contributed by atoms with Gasteiger partial charge in [-0.05, 0) is 38.4 Å². The number of hydrogen-bond acceptors (Lipinski definition) is 5. The third-order valence-corrected chi connectivity index (χ3v) is 4.06. The van der Waals surface area contributed by atoms with Crippen molar-refractivity contribution < 1.29 is 9.52 Å². The van der Waals surface area contributed by atoms with Crippen LogP contribution in [0.5, 0.6) is 0 Å². The van der Waals surface area contributed by atoms with E-state index in [4.69, 9.17) is 4.42 Å². The lowest BCUT2D eigenvalue weighted by molar-refractivity contribution is 0.0769. The molecule has 0 saturated carbocycles. The Morgan fingerprint density at radius 2 is 2.05 bits per heavy atom. The highest BCUT2D eigenvalue weighted by Gasteiger charge is 2.23. The van der Waals surface area contributed by atoms with Crippen molar-refractivity contribution in [3.63, 3.8) is 0 Å². The van der Waals surface area contributed by atoms with E-state index in [1.54, 1.807) is 0 Å². The van der Waals surface area contributed by atoms with Gasteiger partial charge in [0.1, 0.15) is 0 Å². The summed E-state index contributed by atoms with van der Waals surface area (Å²) in [6, 6.07) is 8.26. The van der Waals surface area contributed by atoms with Gasteiger partial charge in [0, 0.05) is 11.6 Å². The van der Waals surface area contributed by atoms with E-state index in [1.165, 1.54) is 12.0 Å². The van der Waals surface area contributed by atoms with Crippen molar-refractivity contribution in [3.8, 4) is 11.5 Å². The van der Waals surface area contributed by atoms with Crippen molar-refractivity contribution in [2.45, 2.75) is 38.8 Å². The summed E-state index contributed by atoms with van der Waals surface area (Å²) in [6.07, 6.45) is 3.38. The van der Waals surface area contributed by atoms with Gasteiger partial charge in [0.15, 0.2) is 0 Å². The van der Waals surface area contributed by atoms with E-state index in [0.717, 1.165) is 24.9 Å². The van der Waals surface area contributed by atoms with Crippen LogP contribution in [0, 0.1) is 6.92 Å². The standard InChI is InChI=1S/C16H21N3O2/c1-12-5-7-13(8-6-12)16-18-17-15(21-16)10-19-9-3-2-4-14(19)11-20/h5-8,14,20H,2-4,9-11H2,1H3. The van der Waals surface area contributed by atoms with Gasteiger partial charge in [0.2, 0.25) is 11.8 Å². The zero-order valence-electron chi connectivity index (χ0n) is 12.3. The van der Waals surface area contributed by atoms with Crippen LogP contribution in [-0.4, -0.2) is 39.4 Å². The van der Waals surface area contributed by atoms with Crippen LogP contribution in [0.25, 0.3) is 11.5 Å². The lowest BCUT2D eigenvalue weighted by atomic mass is 10.0. The van der Waals surface area contributed by atoms with E-state index in [1.807, 2.05) is 24.3 Å². The van der Waals surface area contributed by atoms with Gasteiger partial charge in [-0.1, -0.05) is 24.1 Å². The highest BCUT2D eigenvalue weighted by molar-refractivity contribution is 5.52. The van der Waals surface area contributed by atoms with E-state index in [9.17, 15) is 5.11 Å². The Morgan fingerprint density at radius 3 is 2.81 bits per heavy atom. The van der Waals surface area contributed by atoms with Crippen molar-refractivity contribution in [1.82, 2.24) is 15.1 Å². The van der Waals surface area contributed by atoms with E-state index in [-0.39, 0.29) is 12.6 Å². The highest BCUT2D eigenvalue weighted by Crippen LogP contribution is 2.22. The zero-order valence-corrected chi connectivity index (χ0v) is 12.3. The van der Waals surface area contributed by atoms with Crippen LogP contribution in [0.2, 0.25) is 0 Å². The average Bonchev–Trinajstić information content (AvgIpc) is 2.97. The van der Waals surface area contributed by atoms with Gasteiger partial charge < -0.3 is 9.52 Å². The number of aryl methyl sites for hydroxylation is 1. The maximum absolute atomic E-state index is 9.44. The number of nitrogens with zero attached hydrogens (tertiary/aromatic N) is 3. The first-order valence-corrected chi connectivity index (χ1v) is 7.50. The Balaban J connectivity index is 1.71. The van der Waals surface area contributed by atoms with Crippen molar-refractivity contribution in [2.24, 2.45) is 0 Å². The largest absolute Gasteiger partial charge is 0.419 e. The molecule has 1 fully saturated rings. The predicted octanol–water partition coefficient (Wildman–Crippen LogP) is 2.39. The van der Waals surface area contributed by atoms with Crippen molar-refractivity contribution in [1.29, 1.82) is 0 Å². The minimum atomic E-state index is 0.193. The summed E-state index contributed by atoms with van der Waals surface area (Å²) in [5.74, 6) is 1.17. The minimum absolute atomic E-state index is 0.193. The maximum Gasteiger partial charge on any atom is 0.247 e. The second-order valence-corrected chi connectivity index (χ2v) is 5.67. The van der Waals surface area contributed by atoms with Gasteiger partial charge in [0.05, 0.1) is 13.2 Å². The summed E-state index contributed by atoms with van der Waals surface area (Å²) in [5.41, 5.74) is 2.15. The zero-order chi connectivity index (χ0) is 14.7. The van der Waals surface area contributed by atoms with E-state index in [0.29, 0.717) is 18.3 Å². The molecule has 2 heterocycles. The van der Waals surface area contributed by atoms with Crippen LogP contribution in [0.3, 0.4) is 0 Å². The Bertz CT molecular complexity index is 579. The molecule has 112 valence electrons. The van der Waals surface area contributed by atoms with Crippen LogP contribution in [0.1, 0.15) is 30.7 Å². The normalized spacial score (nSPS) is 19.8. The Kier molecular flexibility index (Phi) is 4.31. The molecule has 1 unspecified atom stereocenters. The number of hydrogen-bond donors (Lipinski definition) is 1. The van der Waals surface area contributed by atoms with Crippen LogP contribution in [0.4, 0.5) is 0 Å². The quantitative estimate of drug-likeness (QED) is 0.935. The molecule has 1 N–H and O–H groups in total. The van der Waals surface area contributed by atoms with Gasteiger partial charge in [-0.25, -0.2) is 0 Å². The SMILES string of the molecule is Cc1ccc(-c2nnc(CN3CCCCC3CO)o2)cc1. The number of aromatic nitrogens is 2. The number of rotatable bonds is 4. The predicted molar refractivity (Wildman–Crippen MR) is 79.6 cm³/mol. The molecular weight excluding hydrogens is 266 g/mol. The second kappa shape index (κ2) is 6.37. The molecule has 0 radical (unpaired) electrons. The number of likely N-dealkylation sites (tertiary alicyclic amines) is 1. The second-order valence-electron chi connectivity index (χ2n) is 5.67. The summed E-state index contributed by atoms with van der Waals surface area (Å²) in [7, 11) is 0. The lowest BCUT2D eigenvalue weighted by Crippen LogP contribution is -2.41. The Hall–Kier alpha value is -1.72. The Morgan fingerprint density at radius 1 is 1.24 bits per heavy atom. The minimum Gasteiger partial charge on any atom is -0.419 e. The molecule has 5 nitrogen and oxygen atoms in total. The van der Waals surface area contributed by atoms with Crippen molar-refractivity contribution >= 4 is 0 Å². The van der Waals surface area contributed by atoms with Crippen molar-refractivity contribution in [2.75, 3.05) is 13.2 Å². The molecule has 0 spiro atoms. The van der Waals surface area contributed by atoms with E-state index in [2.05, 4.69) is 22.0 Å². The first-order chi connectivity index (χ1) is 10.3. The molecule has 21 heavy (non-hydrogen) atoms. The number of benzene rings is 1. The van der Waals surface area contributed by atoms with Crippen molar-refractivity contribution in [3.05, 3.63) is 35.7 Å². The molecule has 0 aliphatic carbocycles. The number of piperidine rings is 1. The number of aliphatic hydroxyl groups is 1. The molecule has 1 atom stereocenters. The summed E-state index contributed by atoms with van der Waals surface area (Å²) in [6.45, 7) is 3.84. The summed E-state index contributed by atoms with van der Waals surface area (Å²) < 4.78 is 5.76. The molecule has 3 rings (SSSR count). The van der Waals surface area contributed by atoms with Gasteiger partial charge in [-0.3, -0.25) is 4.90 Å². The first-order valence-electron chi connectivity index (χ1n) is 7.50. The molecule has 0 bridgehead atoms. The molecule has 1 aromatic carbocycles. The molecule has 1 saturated heterocycles. The molecule has 2 aromatic rings. The molecule has 1 aliphatic heterocycles. The van der Waals surface area contributed by atoms with Gasteiger partial charge >= 0.3 is 0 Å². The topological polar surface area (TPSA) is 62.4 Å². The monoisotopic (exact) mass is 287 g/mol. The van der Waals surface area contributed by atoms with E-state index >= 15 is 0 Å². The fourth-order valence-corrected chi connectivity index (χ4v) is 2.78. The fraction of sp³-hybridized carbons (Fsp3) is 0.500. The Labute approximate surface area is 124 Å².